The summed E-state index contributed by atoms with van der Waals surface area (Å²) in [6, 6.07) is 6.98. The Balaban J connectivity index is 1.70. The Labute approximate surface area is 160 Å². The van der Waals surface area contributed by atoms with E-state index in [9.17, 15) is 14.4 Å². The van der Waals surface area contributed by atoms with Gasteiger partial charge in [0.05, 0.1) is 0 Å². The summed E-state index contributed by atoms with van der Waals surface area (Å²) in [5, 5.41) is 8.90. The van der Waals surface area contributed by atoms with Crippen molar-refractivity contribution < 1.29 is 14.4 Å². The van der Waals surface area contributed by atoms with Crippen LogP contribution in [0, 0.1) is 0 Å². The van der Waals surface area contributed by atoms with Gasteiger partial charge in [-0.2, -0.15) is 0 Å². The third kappa shape index (κ3) is 4.87. The molecular formula is C21H29N3O3. The van der Waals surface area contributed by atoms with Gasteiger partial charge in [-0.1, -0.05) is 32.1 Å². The zero-order valence-electron chi connectivity index (χ0n) is 16.0. The third-order valence-corrected chi connectivity index (χ3v) is 5.65. The summed E-state index contributed by atoms with van der Waals surface area (Å²) in [6.45, 7) is 1.44. The normalized spacial score (nSPS) is 19.3. The molecule has 0 aliphatic heterocycles. The van der Waals surface area contributed by atoms with E-state index in [1.54, 1.807) is 24.3 Å². The molecule has 3 rings (SSSR count). The number of carbonyl (C=O) groups excluding carboxylic acids is 3. The second-order valence-electron chi connectivity index (χ2n) is 7.81. The molecule has 2 saturated carbocycles. The van der Waals surface area contributed by atoms with Crippen LogP contribution < -0.4 is 16.0 Å². The van der Waals surface area contributed by atoms with Crippen LogP contribution in [0.3, 0.4) is 0 Å². The Kier molecular flexibility index (Phi) is 6.14. The fourth-order valence-electron chi connectivity index (χ4n) is 4.16. The molecule has 2 aliphatic carbocycles. The summed E-state index contributed by atoms with van der Waals surface area (Å²) in [5.41, 5.74) is 0.321. The maximum atomic E-state index is 13.0. The Hall–Kier alpha value is -2.37. The first-order valence-electron chi connectivity index (χ1n) is 10.00. The number of hydrogen-bond acceptors (Lipinski definition) is 3. The van der Waals surface area contributed by atoms with E-state index >= 15 is 0 Å². The molecule has 27 heavy (non-hydrogen) atoms. The Morgan fingerprint density at radius 3 is 2.15 bits per heavy atom. The van der Waals surface area contributed by atoms with Gasteiger partial charge in [0.25, 0.3) is 5.91 Å². The van der Waals surface area contributed by atoms with Crippen molar-refractivity contribution in [2.75, 3.05) is 5.32 Å². The highest BCUT2D eigenvalue weighted by Crippen LogP contribution is 2.30. The van der Waals surface area contributed by atoms with Crippen LogP contribution in [0.25, 0.3) is 0 Å². The SMILES string of the molecule is CC(=O)Nc1ccc(C(=O)NC2(C(=O)NC3CCCC3)CCCCC2)cc1. The van der Waals surface area contributed by atoms with Gasteiger partial charge in [-0.3, -0.25) is 14.4 Å². The molecule has 2 fully saturated rings. The topological polar surface area (TPSA) is 87.3 Å². The summed E-state index contributed by atoms with van der Waals surface area (Å²) < 4.78 is 0. The van der Waals surface area contributed by atoms with Gasteiger partial charge < -0.3 is 16.0 Å². The van der Waals surface area contributed by atoms with E-state index in [0.717, 1.165) is 44.9 Å². The van der Waals surface area contributed by atoms with Crippen molar-refractivity contribution in [3.8, 4) is 0 Å². The van der Waals surface area contributed by atoms with E-state index < -0.39 is 5.54 Å². The predicted molar refractivity (Wildman–Crippen MR) is 104 cm³/mol. The molecule has 146 valence electrons. The number of rotatable bonds is 5. The molecule has 0 bridgehead atoms. The van der Waals surface area contributed by atoms with E-state index in [-0.39, 0.29) is 23.8 Å². The van der Waals surface area contributed by atoms with E-state index in [1.807, 2.05) is 0 Å². The smallest absolute Gasteiger partial charge is 0.252 e. The molecule has 1 aromatic carbocycles. The van der Waals surface area contributed by atoms with Gasteiger partial charge in [0.2, 0.25) is 11.8 Å². The minimum atomic E-state index is -0.811. The summed E-state index contributed by atoms with van der Waals surface area (Å²) >= 11 is 0. The average Bonchev–Trinajstić information content (AvgIpc) is 3.15. The van der Waals surface area contributed by atoms with Gasteiger partial charge in [0.1, 0.15) is 5.54 Å². The number of carbonyl (C=O) groups is 3. The Morgan fingerprint density at radius 2 is 1.56 bits per heavy atom. The molecule has 0 aromatic heterocycles. The molecule has 6 heteroatoms. The summed E-state index contributed by atoms with van der Waals surface area (Å²) in [5.74, 6) is -0.429. The zero-order chi connectivity index (χ0) is 19.3. The molecule has 2 aliphatic rings. The van der Waals surface area contributed by atoms with E-state index in [0.29, 0.717) is 24.1 Å². The standard InChI is InChI=1S/C21H29N3O3/c1-15(25)22-18-11-9-16(10-12-18)19(26)24-21(13-5-2-6-14-21)20(27)23-17-7-3-4-8-17/h9-12,17H,2-8,13-14H2,1H3,(H,22,25)(H,23,27)(H,24,26). The van der Waals surface area contributed by atoms with Crippen LogP contribution in [0.15, 0.2) is 24.3 Å². The largest absolute Gasteiger partial charge is 0.351 e. The lowest BCUT2D eigenvalue weighted by Gasteiger charge is -2.37. The molecule has 0 radical (unpaired) electrons. The number of benzene rings is 1. The quantitative estimate of drug-likeness (QED) is 0.743. The molecule has 3 N–H and O–H groups in total. The van der Waals surface area contributed by atoms with Crippen LogP contribution in [0.4, 0.5) is 5.69 Å². The van der Waals surface area contributed by atoms with Crippen LogP contribution >= 0.6 is 0 Å². The maximum absolute atomic E-state index is 13.0. The van der Waals surface area contributed by atoms with Gasteiger partial charge in [-0.15, -0.1) is 0 Å². The molecule has 0 atom stereocenters. The van der Waals surface area contributed by atoms with E-state index in [4.69, 9.17) is 0 Å². The van der Waals surface area contributed by atoms with Crippen molar-refractivity contribution in [3.05, 3.63) is 29.8 Å². The van der Waals surface area contributed by atoms with Crippen molar-refractivity contribution >= 4 is 23.4 Å². The van der Waals surface area contributed by atoms with Gasteiger partial charge in [0, 0.05) is 24.2 Å². The fraction of sp³-hybridized carbons (Fsp3) is 0.571. The van der Waals surface area contributed by atoms with Crippen LogP contribution in [0.1, 0.15) is 75.1 Å². The molecular weight excluding hydrogens is 342 g/mol. The highest BCUT2D eigenvalue weighted by Gasteiger charge is 2.41. The first kappa shape index (κ1) is 19.4. The number of amides is 3. The second kappa shape index (κ2) is 8.55. The van der Waals surface area contributed by atoms with E-state index in [2.05, 4.69) is 16.0 Å². The fourth-order valence-corrected chi connectivity index (χ4v) is 4.16. The van der Waals surface area contributed by atoms with Gasteiger partial charge >= 0.3 is 0 Å². The highest BCUT2D eigenvalue weighted by atomic mass is 16.2. The monoisotopic (exact) mass is 371 g/mol. The van der Waals surface area contributed by atoms with Crippen molar-refractivity contribution in [2.45, 2.75) is 76.3 Å². The highest BCUT2D eigenvalue weighted by molar-refractivity contribution is 6.00. The van der Waals surface area contributed by atoms with Crippen LogP contribution in [0.5, 0.6) is 0 Å². The summed E-state index contributed by atoms with van der Waals surface area (Å²) in [4.78, 5) is 37.0. The maximum Gasteiger partial charge on any atom is 0.252 e. The molecule has 0 heterocycles. The number of hydrogen-bond donors (Lipinski definition) is 3. The van der Waals surface area contributed by atoms with E-state index in [1.165, 1.54) is 6.92 Å². The lowest BCUT2D eigenvalue weighted by molar-refractivity contribution is -0.129. The van der Waals surface area contributed by atoms with Crippen molar-refractivity contribution in [3.63, 3.8) is 0 Å². The Bertz CT molecular complexity index is 687. The summed E-state index contributed by atoms with van der Waals surface area (Å²) in [6.07, 6.45) is 8.72. The van der Waals surface area contributed by atoms with Crippen molar-refractivity contribution in [1.29, 1.82) is 0 Å². The van der Waals surface area contributed by atoms with Crippen LogP contribution in [0.2, 0.25) is 0 Å². The number of anilines is 1. The minimum absolute atomic E-state index is 0.0303. The summed E-state index contributed by atoms with van der Waals surface area (Å²) in [7, 11) is 0. The third-order valence-electron chi connectivity index (χ3n) is 5.65. The molecule has 0 unspecified atom stereocenters. The number of nitrogens with one attached hydrogen (secondary N) is 3. The van der Waals surface area contributed by atoms with Crippen molar-refractivity contribution in [2.24, 2.45) is 0 Å². The zero-order valence-corrected chi connectivity index (χ0v) is 16.0. The lowest BCUT2D eigenvalue weighted by Crippen LogP contribution is -2.60. The Morgan fingerprint density at radius 1 is 0.926 bits per heavy atom. The molecule has 6 nitrogen and oxygen atoms in total. The first-order valence-corrected chi connectivity index (χ1v) is 10.00. The van der Waals surface area contributed by atoms with Gasteiger partial charge in [-0.25, -0.2) is 0 Å². The van der Waals surface area contributed by atoms with Crippen molar-refractivity contribution in [1.82, 2.24) is 10.6 Å². The van der Waals surface area contributed by atoms with Gasteiger partial charge in [-0.05, 0) is 49.9 Å². The molecule has 0 saturated heterocycles. The first-order chi connectivity index (χ1) is 13.0. The second-order valence-corrected chi connectivity index (χ2v) is 7.81. The van der Waals surface area contributed by atoms with Gasteiger partial charge in [0.15, 0.2) is 0 Å². The molecule has 1 aromatic rings. The lowest BCUT2D eigenvalue weighted by atomic mass is 9.80. The molecule has 0 spiro atoms. The average molecular weight is 371 g/mol. The molecule has 3 amide bonds. The minimum Gasteiger partial charge on any atom is -0.351 e. The van der Waals surface area contributed by atoms with Crippen LogP contribution in [-0.2, 0) is 9.59 Å². The predicted octanol–water partition coefficient (Wildman–Crippen LogP) is 3.14. The van der Waals surface area contributed by atoms with Crippen LogP contribution in [-0.4, -0.2) is 29.3 Å².